The van der Waals surface area contributed by atoms with Gasteiger partial charge in [-0.15, -0.1) is 0 Å². The first kappa shape index (κ1) is 67.1. The van der Waals surface area contributed by atoms with Gasteiger partial charge in [0.05, 0.1) is 0 Å². The van der Waals surface area contributed by atoms with E-state index >= 15 is 0 Å². The van der Waals surface area contributed by atoms with Crippen LogP contribution in [0.2, 0.25) is 0 Å². The number of aliphatic hydroxyl groups excluding tert-OH is 1. The Balaban J connectivity index is 0.000000197. The van der Waals surface area contributed by atoms with Gasteiger partial charge in [-0.3, -0.25) is 4.79 Å². The summed E-state index contributed by atoms with van der Waals surface area (Å²) in [6, 6.07) is 18.5. The van der Waals surface area contributed by atoms with Crippen molar-refractivity contribution < 1.29 is 38.7 Å². The normalized spacial score (nSPS) is 42.1. The molecule has 9 nitrogen and oxygen atoms in total. The second kappa shape index (κ2) is 24.2. The summed E-state index contributed by atoms with van der Waals surface area (Å²) in [5.74, 6) is 6.37. The minimum Gasteiger partial charge on any atom is -0.389 e. The number of allylic oxidation sites excluding steroid dienone is 6. The molecule has 2 aromatic rings. The van der Waals surface area contributed by atoms with E-state index in [1.54, 1.807) is 11.1 Å². The van der Waals surface area contributed by atoms with Crippen LogP contribution in [0.4, 0.5) is 0 Å². The largest absolute Gasteiger partial charge is 0.389 e. The van der Waals surface area contributed by atoms with Gasteiger partial charge < -0.3 is 10.8 Å². The number of benzene rings is 2. The SMILES string of the molecule is C=C(C)[C@@H]1CC[C@]2(C(=O)CO)CC[C@]3(C)[C@H](CC[C@@H]4[C@@]5(C)CC=C(c6ccc(C)cc6)C(C)(C)[C@@H]5CC[C@]43C)[C@@H]12.C=C(C)[C@@H]1CC[C@]2(N)CC[C@]3(C)[C@H](CC[C@@H]4[C@@]5(C)CC=C(c6ccc(C)cc6)C(C)(C)[C@@H]5CC[C@]43C)[C@@H]12.O=C=O.O=C=O.O=C=O. The quantitative estimate of drug-likeness (QED) is 0.268. The number of nitrogens with two attached hydrogens (primary N) is 1. The predicted molar refractivity (Wildman–Crippen MR) is 339 cm³/mol. The van der Waals surface area contributed by atoms with E-state index < -0.39 is 0 Å². The topological polar surface area (TPSA) is 166 Å². The van der Waals surface area contributed by atoms with E-state index in [9.17, 15) is 9.90 Å². The molecule has 8 fully saturated rings. The van der Waals surface area contributed by atoms with Crippen molar-refractivity contribution >= 4 is 35.4 Å². The number of Topliss-reactive ketones (excluding diaryl/α,β-unsaturated/α-hetero) is 1. The van der Waals surface area contributed by atoms with Crippen molar-refractivity contribution in [2.45, 2.75) is 218 Å². The molecule has 18 atom stereocenters. The molecule has 468 valence electrons. The Hall–Kier alpha value is -4.87. The Bertz CT molecular complexity index is 3030. The maximum absolute atomic E-state index is 13.5. The maximum Gasteiger partial charge on any atom is 0.373 e. The number of aryl methyl sites for hydroxylation is 2. The van der Waals surface area contributed by atoms with Crippen molar-refractivity contribution in [3.05, 3.63) is 107 Å². The Morgan fingerprint density at radius 1 is 0.488 bits per heavy atom. The van der Waals surface area contributed by atoms with Gasteiger partial charge in [0.2, 0.25) is 0 Å². The second-order valence-corrected chi connectivity index (χ2v) is 32.4. The first-order valence-corrected chi connectivity index (χ1v) is 33.1. The maximum atomic E-state index is 13.5. The lowest BCUT2D eigenvalue weighted by Gasteiger charge is -2.72. The Labute approximate surface area is 517 Å². The number of hydrogen-bond acceptors (Lipinski definition) is 9. The Morgan fingerprint density at radius 2 is 0.860 bits per heavy atom. The minimum absolute atomic E-state index is 0.0522. The first-order valence-electron chi connectivity index (χ1n) is 33.1. The standard InChI is InChI=1S/C38H54O2.C36H53N.3CO2/c1-24(2)27-15-20-38(32(40)23-39)22-21-36(7)29(33(27)38)13-14-31-35(6)18-16-28(26-11-9-25(3)10-12-26)34(4,5)30(35)17-19-37(31,36)8;1-23(2)26-15-20-36(37)22-21-34(7)28(31(26)36)13-14-30-33(6)18-16-27(25-11-9-24(3)10-12-25)32(4,5)29(33)17-19-35(30,34)8;3*2-1-3/h9-12,16,27,29-31,33,39H,1,13-15,17-23H2,2-8H3;9-12,16,26,28-31H,1,13-15,17-22,37H2,2-8H3;;;/t27-,29+,30-,31+,33+,35-,36+,37+,38+;26-,28+,29-,30+,31+,33-,34+,35+,36-;;;/m00.../s1. The van der Waals surface area contributed by atoms with Crippen molar-refractivity contribution in [3.8, 4) is 0 Å². The van der Waals surface area contributed by atoms with Crippen molar-refractivity contribution in [2.75, 3.05) is 6.61 Å². The Kier molecular flexibility index (Phi) is 18.8. The number of rotatable bonds is 6. The molecule has 0 spiro atoms. The summed E-state index contributed by atoms with van der Waals surface area (Å²) in [6.07, 6.45) is 28.2. The van der Waals surface area contributed by atoms with Gasteiger partial charge in [0.1, 0.15) is 6.61 Å². The van der Waals surface area contributed by atoms with Crippen molar-refractivity contribution in [3.63, 3.8) is 0 Å². The summed E-state index contributed by atoms with van der Waals surface area (Å²) in [7, 11) is 0. The van der Waals surface area contributed by atoms with Crippen LogP contribution >= 0.6 is 0 Å². The molecule has 0 unspecified atom stereocenters. The van der Waals surface area contributed by atoms with E-state index in [-0.39, 0.29) is 68.9 Å². The van der Waals surface area contributed by atoms with Crippen molar-refractivity contribution in [1.29, 1.82) is 0 Å². The lowest BCUT2D eigenvalue weighted by molar-refractivity contribution is -0.225. The van der Waals surface area contributed by atoms with E-state index in [0.717, 1.165) is 43.4 Å². The van der Waals surface area contributed by atoms with Crippen LogP contribution < -0.4 is 5.73 Å². The third-order valence-corrected chi connectivity index (χ3v) is 28.8. The van der Waals surface area contributed by atoms with Gasteiger partial charge in [-0.05, 0) is 268 Å². The van der Waals surface area contributed by atoms with Crippen molar-refractivity contribution in [1.82, 2.24) is 0 Å². The molecule has 0 aromatic heterocycles. The van der Waals surface area contributed by atoms with E-state index in [1.165, 1.54) is 123 Å². The molecular weight excluding hydrogens is 1070 g/mol. The minimum atomic E-state index is -0.328. The third-order valence-electron chi connectivity index (χ3n) is 28.8. The zero-order chi connectivity index (χ0) is 63.6. The molecule has 2 aromatic carbocycles. The van der Waals surface area contributed by atoms with E-state index in [4.69, 9.17) is 34.5 Å². The molecule has 0 aliphatic heterocycles. The van der Waals surface area contributed by atoms with Gasteiger partial charge in [0.25, 0.3) is 0 Å². The van der Waals surface area contributed by atoms with E-state index in [1.807, 2.05) is 0 Å². The zero-order valence-electron chi connectivity index (χ0n) is 55.3. The summed E-state index contributed by atoms with van der Waals surface area (Å²) in [5, 5.41) is 10.1. The first-order chi connectivity index (χ1) is 40.3. The molecule has 0 amide bonds. The molecule has 3 N–H and O–H groups in total. The zero-order valence-corrected chi connectivity index (χ0v) is 55.3. The summed E-state index contributed by atoms with van der Waals surface area (Å²) < 4.78 is 0. The predicted octanol–water partition coefficient (Wildman–Crippen LogP) is 16.8. The fourth-order valence-corrected chi connectivity index (χ4v) is 24.7. The summed E-state index contributed by atoms with van der Waals surface area (Å²) >= 11 is 0. The van der Waals surface area contributed by atoms with Gasteiger partial charge in [-0.2, -0.15) is 28.8 Å². The molecule has 10 aliphatic rings. The molecule has 10 aliphatic carbocycles. The summed E-state index contributed by atoms with van der Waals surface area (Å²) in [6.45, 7) is 43.8. The van der Waals surface area contributed by atoms with Gasteiger partial charge in [0.15, 0.2) is 5.78 Å². The second-order valence-electron chi connectivity index (χ2n) is 32.4. The van der Waals surface area contributed by atoms with Gasteiger partial charge in [-0.1, -0.05) is 165 Å². The molecule has 0 radical (unpaired) electrons. The smallest absolute Gasteiger partial charge is 0.373 e. The molecule has 86 heavy (non-hydrogen) atoms. The number of ketones is 1. The fraction of sp³-hybridized carbons (Fsp3) is 0.688. The number of carbonyl (C=O) groups is 1. The fourth-order valence-electron chi connectivity index (χ4n) is 24.7. The molecule has 0 heterocycles. The van der Waals surface area contributed by atoms with E-state index in [0.29, 0.717) is 57.7 Å². The highest BCUT2D eigenvalue weighted by molar-refractivity contribution is 5.87. The monoisotopic (exact) mass is 1170 g/mol. The number of aliphatic hydroxyl groups is 1. The molecule has 0 bridgehead atoms. The number of carbonyl (C=O) groups excluding carboxylic acids is 7. The van der Waals surface area contributed by atoms with E-state index in [2.05, 4.69) is 171 Å². The molecule has 12 rings (SSSR count). The van der Waals surface area contributed by atoms with Crippen LogP contribution in [0.5, 0.6) is 0 Å². The molecule has 0 saturated heterocycles. The highest BCUT2D eigenvalue weighted by Gasteiger charge is 2.73. The number of fused-ring (bicyclic) bond motifs is 14. The van der Waals surface area contributed by atoms with Crippen LogP contribution in [0.15, 0.2) is 85.0 Å². The van der Waals surface area contributed by atoms with Crippen LogP contribution in [0.25, 0.3) is 11.1 Å². The van der Waals surface area contributed by atoms with Crippen LogP contribution in [0.1, 0.15) is 221 Å². The van der Waals surface area contributed by atoms with Gasteiger partial charge in [0, 0.05) is 11.0 Å². The van der Waals surface area contributed by atoms with Crippen LogP contribution in [-0.2, 0) is 33.6 Å². The van der Waals surface area contributed by atoms with Gasteiger partial charge >= 0.3 is 18.5 Å². The molecule has 9 heteroatoms. The van der Waals surface area contributed by atoms with Crippen LogP contribution in [-0.4, -0.2) is 41.5 Å². The lowest BCUT2D eigenvalue weighted by Crippen LogP contribution is -2.67. The van der Waals surface area contributed by atoms with Crippen molar-refractivity contribution in [2.24, 2.45) is 114 Å². The average Bonchev–Trinajstić information content (AvgIpc) is 0.959. The summed E-state index contributed by atoms with van der Waals surface area (Å²) in [5.41, 5.74) is 20.6. The van der Waals surface area contributed by atoms with Crippen LogP contribution in [0.3, 0.4) is 0 Å². The summed E-state index contributed by atoms with van der Waals surface area (Å²) in [4.78, 5) is 62.2. The molecule has 8 saturated carbocycles. The Morgan fingerprint density at radius 3 is 1.26 bits per heavy atom. The van der Waals surface area contributed by atoms with Crippen LogP contribution in [0, 0.1) is 122 Å². The van der Waals surface area contributed by atoms with Gasteiger partial charge in [-0.25, -0.2) is 0 Å². The highest BCUT2D eigenvalue weighted by Crippen LogP contribution is 2.79. The lowest BCUT2D eigenvalue weighted by atomic mass is 9.32. The highest BCUT2D eigenvalue weighted by atomic mass is 16.3. The third kappa shape index (κ3) is 10.2. The number of hydrogen-bond donors (Lipinski definition) is 2. The average molecular weight is 1170 g/mol. The molecular formula is C77H107NO8.